The molecule has 0 aliphatic carbocycles. The van der Waals surface area contributed by atoms with Gasteiger partial charge < -0.3 is 9.80 Å². The number of rotatable bonds is 5. The molecule has 0 radical (unpaired) electrons. The molecular formula is C19H23FN3O3S+. The molecule has 1 amide bonds. The second kappa shape index (κ2) is 8.06. The maximum absolute atomic E-state index is 13.2. The Morgan fingerprint density at radius 2 is 1.67 bits per heavy atom. The number of sulfonamides is 1. The summed E-state index contributed by atoms with van der Waals surface area (Å²) in [4.78, 5) is 15.8. The number of amides is 1. The van der Waals surface area contributed by atoms with E-state index in [1.54, 1.807) is 35.2 Å². The van der Waals surface area contributed by atoms with Crippen LogP contribution in [0.25, 0.3) is 0 Å². The number of benzene rings is 2. The first kappa shape index (κ1) is 19.3. The van der Waals surface area contributed by atoms with Crippen LogP contribution in [-0.4, -0.2) is 59.0 Å². The van der Waals surface area contributed by atoms with Gasteiger partial charge in [0, 0.05) is 0 Å². The Bertz CT molecular complexity index is 880. The molecule has 1 aliphatic heterocycles. The van der Waals surface area contributed by atoms with Crippen LogP contribution in [0.2, 0.25) is 0 Å². The molecule has 1 N–H and O–H groups in total. The van der Waals surface area contributed by atoms with Crippen LogP contribution >= 0.6 is 0 Å². The summed E-state index contributed by atoms with van der Waals surface area (Å²) in [6.45, 7) is 2.58. The van der Waals surface area contributed by atoms with Crippen LogP contribution in [0.15, 0.2) is 59.5 Å². The van der Waals surface area contributed by atoms with E-state index in [4.69, 9.17) is 0 Å². The van der Waals surface area contributed by atoms with Gasteiger partial charge in [0.2, 0.25) is 5.91 Å². The number of carbonyl (C=O) groups is 1. The Kier molecular flexibility index (Phi) is 5.76. The van der Waals surface area contributed by atoms with E-state index >= 15 is 0 Å². The summed E-state index contributed by atoms with van der Waals surface area (Å²) in [6, 6.07) is 13.1. The van der Waals surface area contributed by atoms with Crippen LogP contribution in [0.1, 0.15) is 0 Å². The Hall–Kier alpha value is -2.45. The first-order chi connectivity index (χ1) is 12.9. The lowest BCUT2D eigenvalue weighted by Gasteiger charge is -2.32. The van der Waals surface area contributed by atoms with E-state index in [2.05, 4.69) is 7.05 Å². The number of likely N-dealkylation sites (N-methyl/N-ethyl adjacent to an activating group) is 1. The van der Waals surface area contributed by atoms with E-state index in [9.17, 15) is 17.6 Å². The summed E-state index contributed by atoms with van der Waals surface area (Å²) in [5, 5.41) is 0. The molecule has 27 heavy (non-hydrogen) atoms. The third-order valence-electron chi connectivity index (χ3n) is 4.69. The monoisotopic (exact) mass is 392 g/mol. The molecule has 3 rings (SSSR count). The quantitative estimate of drug-likeness (QED) is 0.800. The third-order valence-corrected chi connectivity index (χ3v) is 6.48. The summed E-state index contributed by atoms with van der Waals surface area (Å²) in [5.41, 5.74) is 0.398. The third kappa shape index (κ3) is 4.45. The minimum Gasteiger partial charge on any atom is -0.334 e. The zero-order valence-corrected chi connectivity index (χ0v) is 16.0. The highest BCUT2D eigenvalue weighted by atomic mass is 32.2. The van der Waals surface area contributed by atoms with Gasteiger partial charge in [-0.05, 0) is 36.4 Å². The lowest BCUT2D eigenvalue weighted by atomic mass is 10.3. The highest BCUT2D eigenvalue weighted by Gasteiger charge is 2.30. The van der Waals surface area contributed by atoms with Gasteiger partial charge in [0.25, 0.3) is 10.0 Å². The summed E-state index contributed by atoms with van der Waals surface area (Å²) in [5.74, 6) is -0.756. The largest absolute Gasteiger partial charge is 0.334 e. The van der Waals surface area contributed by atoms with Crippen LogP contribution in [0, 0.1) is 5.82 Å². The number of halogens is 1. The van der Waals surface area contributed by atoms with E-state index in [1.165, 1.54) is 17.0 Å². The van der Waals surface area contributed by atoms with Crippen molar-refractivity contribution in [3.63, 3.8) is 0 Å². The van der Waals surface area contributed by atoms with Gasteiger partial charge in [0.15, 0.2) is 0 Å². The van der Waals surface area contributed by atoms with Gasteiger partial charge >= 0.3 is 0 Å². The summed E-state index contributed by atoms with van der Waals surface area (Å²) >= 11 is 0. The molecule has 8 heteroatoms. The number of carbonyl (C=O) groups excluding carboxylic acids is 1. The average Bonchev–Trinajstić information content (AvgIpc) is 2.67. The summed E-state index contributed by atoms with van der Waals surface area (Å²) in [6.07, 6.45) is 0. The standard InChI is InChI=1S/C19H22FN3O3S/c1-21-11-13-22(14-12-21)19(24)15-23(17-5-3-2-4-6-17)27(25,26)18-9-7-16(20)8-10-18/h2-10H,11-15H2,1H3/p+1. The molecular weight excluding hydrogens is 369 g/mol. The number of piperazine rings is 1. The Morgan fingerprint density at radius 1 is 1.07 bits per heavy atom. The fourth-order valence-electron chi connectivity index (χ4n) is 3.00. The van der Waals surface area contributed by atoms with Crippen molar-refractivity contribution in [1.82, 2.24) is 4.90 Å². The molecule has 0 aromatic heterocycles. The fraction of sp³-hybridized carbons (Fsp3) is 0.316. The van der Waals surface area contributed by atoms with Crippen LogP contribution in [0.5, 0.6) is 0 Å². The second-order valence-corrected chi connectivity index (χ2v) is 8.50. The number of hydrogen-bond donors (Lipinski definition) is 1. The van der Waals surface area contributed by atoms with Crippen molar-refractivity contribution >= 4 is 21.6 Å². The maximum Gasteiger partial charge on any atom is 0.264 e. The molecule has 1 saturated heterocycles. The predicted molar refractivity (Wildman–Crippen MR) is 101 cm³/mol. The lowest BCUT2D eigenvalue weighted by Crippen LogP contribution is -3.12. The minimum atomic E-state index is -4.00. The average molecular weight is 392 g/mol. The maximum atomic E-state index is 13.2. The van der Waals surface area contributed by atoms with Gasteiger partial charge in [-0.3, -0.25) is 9.10 Å². The van der Waals surface area contributed by atoms with Crippen LogP contribution in [0.3, 0.4) is 0 Å². The smallest absolute Gasteiger partial charge is 0.264 e. The van der Waals surface area contributed by atoms with Crippen LogP contribution in [0.4, 0.5) is 10.1 Å². The molecule has 1 aliphatic rings. The van der Waals surface area contributed by atoms with Crippen molar-refractivity contribution < 1.29 is 22.5 Å². The van der Waals surface area contributed by atoms with Gasteiger partial charge in [-0.15, -0.1) is 0 Å². The van der Waals surface area contributed by atoms with Crippen molar-refractivity contribution in [1.29, 1.82) is 0 Å². The van der Waals surface area contributed by atoms with Crippen LogP contribution in [-0.2, 0) is 14.8 Å². The Balaban J connectivity index is 1.90. The van der Waals surface area contributed by atoms with Gasteiger partial charge in [-0.2, -0.15) is 0 Å². The Labute approximate surface area is 158 Å². The molecule has 0 unspecified atom stereocenters. The highest BCUT2D eigenvalue weighted by molar-refractivity contribution is 7.92. The van der Waals surface area contributed by atoms with E-state index < -0.39 is 15.8 Å². The molecule has 6 nitrogen and oxygen atoms in total. The van der Waals surface area contributed by atoms with E-state index in [0.29, 0.717) is 18.8 Å². The van der Waals surface area contributed by atoms with Crippen molar-refractivity contribution in [2.24, 2.45) is 0 Å². The lowest BCUT2D eigenvalue weighted by molar-refractivity contribution is -0.883. The summed E-state index contributed by atoms with van der Waals surface area (Å²) < 4.78 is 40.6. The number of para-hydroxylation sites is 1. The first-order valence-corrected chi connectivity index (χ1v) is 10.2. The predicted octanol–water partition coefficient (Wildman–Crippen LogP) is 0.378. The number of anilines is 1. The molecule has 2 aromatic carbocycles. The molecule has 0 bridgehead atoms. The normalized spacial score (nSPS) is 15.6. The molecule has 144 valence electrons. The number of nitrogens with zero attached hydrogens (tertiary/aromatic N) is 2. The molecule has 1 fully saturated rings. The zero-order chi connectivity index (χ0) is 19.4. The van der Waals surface area contributed by atoms with Gasteiger partial charge in [-0.1, -0.05) is 18.2 Å². The second-order valence-electron chi connectivity index (χ2n) is 6.64. The van der Waals surface area contributed by atoms with E-state index in [0.717, 1.165) is 29.5 Å². The highest BCUT2D eigenvalue weighted by Crippen LogP contribution is 2.23. The van der Waals surface area contributed by atoms with Crippen molar-refractivity contribution in [3.8, 4) is 0 Å². The SMILES string of the molecule is C[NH+]1CCN(C(=O)CN(c2ccccc2)S(=O)(=O)c2ccc(F)cc2)CC1. The zero-order valence-electron chi connectivity index (χ0n) is 15.1. The Morgan fingerprint density at radius 3 is 2.26 bits per heavy atom. The van der Waals surface area contributed by atoms with Crippen molar-refractivity contribution in [2.45, 2.75) is 4.90 Å². The molecule has 2 aromatic rings. The number of hydrogen-bond acceptors (Lipinski definition) is 3. The minimum absolute atomic E-state index is 0.0524. The number of nitrogens with one attached hydrogen (secondary N) is 1. The molecule has 0 atom stereocenters. The van der Waals surface area contributed by atoms with Gasteiger partial charge in [-0.25, -0.2) is 12.8 Å². The van der Waals surface area contributed by atoms with Crippen LogP contribution < -0.4 is 9.21 Å². The molecule has 0 saturated carbocycles. The van der Waals surface area contributed by atoms with Gasteiger partial charge in [0.1, 0.15) is 12.4 Å². The molecule has 1 heterocycles. The molecule has 0 spiro atoms. The summed E-state index contributed by atoms with van der Waals surface area (Å²) in [7, 11) is -1.93. The van der Waals surface area contributed by atoms with E-state index in [1.807, 2.05) is 0 Å². The van der Waals surface area contributed by atoms with Gasteiger partial charge in [0.05, 0.1) is 43.8 Å². The van der Waals surface area contributed by atoms with Crippen molar-refractivity contribution in [2.75, 3.05) is 44.1 Å². The first-order valence-electron chi connectivity index (χ1n) is 8.80. The van der Waals surface area contributed by atoms with E-state index in [-0.39, 0.29) is 17.3 Å². The van der Waals surface area contributed by atoms with Crippen molar-refractivity contribution in [3.05, 3.63) is 60.4 Å². The fourth-order valence-corrected chi connectivity index (χ4v) is 4.42. The topological polar surface area (TPSA) is 62.1 Å². The number of quaternary nitrogens is 1.